The fourth-order valence-electron chi connectivity index (χ4n) is 2.16. The highest BCUT2D eigenvalue weighted by atomic mass is 79.9. The maximum Gasteiger partial charge on any atom is 0.0794 e. The van der Waals surface area contributed by atoms with Gasteiger partial charge in [0, 0.05) is 17.0 Å². The number of likely N-dealkylation sites (N-methyl/N-ethyl adjacent to an activating group) is 1. The van der Waals surface area contributed by atoms with Crippen LogP contribution in [-0.4, -0.2) is 19.8 Å². The summed E-state index contributed by atoms with van der Waals surface area (Å²) in [6.07, 6.45) is 2.93. The zero-order valence-corrected chi connectivity index (χ0v) is 12.1. The van der Waals surface area contributed by atoms with Gasteiger partial charge in [-0.25, -0.2) is 0 Å². The summed E-state index contributed by atoms with van der Waals surface area (Å²) < 4.78 is 6.89. The van der Waals surface area contributed by atoms with Crippen LogP contribution in [0, 0.1) is 5.92 Å². The molecule has 2 nitrogen and oxygen atoms in total. The van der Waals surface area contributed by atoms with E-state index in [9.17, 15) is 0 Å². The van der Waals surface area contributed by atoms with Crippen LogP contribution in [0.2, 0.25) is 0 Å². The van der Waals surface area contributed by atoms with Crippen LogP contribution >= 0.6 is 27.3 Å². The van der Waals surface area contributed by atoms with Gasteiger partial charge in [-0.1, -0.05) is 6.92 Å². The second kappa shape index (κ2) is 5.63. The maximum absolute atomic E-state index is 5.69. The summed E-state index contributed by atoms with van der Waals surface area (Å²) >= 11 is 5.36. The summed E-state index contributed by atoms with van der Waals surface area (Å²) in [7, 11) is 1.83. The van der Waals surface area contributed by atoms with Crippen molar-refractivity contribution in [2.24, 2.45) is 5.92 Å². The SMILES string of the molecule is CCNC(c1cscc1Br)C(OC)C1CC1. The number of nitrogens with one attached hydrogen (secondary N) is 1. The molecule has 0 amide bonds. The van der Waals surface area contributed by atoms with Crippen molar-refractivity contribution in [3.05, 3.63) is 20.8 Å². The van der Waals surface area contributed by atoms with Gasteiger partial charge in [-0.2, -0.15) is 11.3 Å². The normalized spacial score (nSPS) is 19.7. The van der Waals surface area contributed by atoms with Gasteiger partial charge in [-0.3, -0.25) is 0 Å². The standard InChI is InChI=1S/C12H18BrNOS/c1-3-14-11(9-6-16-7-10(9)13)12(15-2)8-4-5-8/h6-8,11-12,14H,3-5H2,1-2H3. The van der Waals surface area contributed by atoms with Crippen LogP contribution in [-0.2, 0) is 4.74 Å². The minimum Gasteiger partial charge on any atom is -0.379 e. The van der Waals surface area contributed by atoms with E-state index in [0.29, 0.717) is 12.1 Å². The van der Waals surface area contributed by atoms with Crippen LogP contribution in [0.4, 0.5) is 0 Å². The van der Waals surface area contributed by atoms with Crippen LogP contribution in [0.3, 0.4) is 0 Å². The lowest BCUT2D eigenvalue weighted by Gasteiger charge is -2.26. The quantitative estimate of drug-likeness (QED) is 0.867. The molecule has 2 rings (SSSR count). The number of methoxy groups -OCH3 is 1. The maximum atomic E-state index is 5.69. The van der Waals surface area contributed by atoms with Gasteiger partial charge in [-0.05, 0) is 52.2 Å². The largest absolute Gasteiger partial charge is 0.379 e. The minimum atomic E-state index is 0.311. The number of rotatable bonds is 6. The highest BCUT2D eigenvalue weighted by Crippen LogP contribution is 2.41. The number of hydrogen-bond donors (Lipinski definition) is 1. The van der Waals surface area contributed by atoms with Gasteiger partial charge in [0.05, 0.1) is 12.1 Å². The summed E-state index contributed by atoms with van der Waals surface area (Å²) in [5.74, 6) is 0.737. The van der Waals surface area contributed by atoms with Crippen molar-refractivity contribution in [1.82, 2.24) is 5.32 Å². The van der Waals surface area contributed by atoms with E-state index in [1.54, 1.807) is 11.3 Å². The Balaban J connectivity index is 2.18. The molecular weight excluding hydrogens is 286 g/mol. The molecule has 4 heteroatoms. The van der Waals surface area contributed by atoms with Gasteiger partial charge in [0.15, 0.2) is 0 Å². The highest BCUT2D eigenvalue weighted by Gasteiger charge is 2.37. The van der Waals surface area contributed by atoms with E-state index in [1.807, 2.05) is 7.11 Å². The average molecular weight is 304 g/mol. The lowest BCUT2D eigenvalue weighted by molar-refractivity contribution is 0.0511. The Bertz CT molecular complexity index is 338. The van der Waals surface area contributed by atoms with Crippen LogP contribution in [0.15, 0.2) is 15.2 Å². The molecule has 1 aliphatic rings. The molecule has 2 unspecified atom stereocenters. The van der Waals surface area contributed by atoms with Gasteiger partial charge >= 0.3 is 0 Å². The van der Waals surface area contributed by atoms with Crippen molar-refractivity contribution in [2.75, 3.05) is 13.7 Å². The van der Waals surface area contributed by atoms with Gasteiger partial charge in [0.1, 0.15) is 0 Å². The van der Waals surface area contributed by atoms with E-state index in [4.69, 9.17) is 4.74 Å². The van der Waals surface area contributed by atoms with Crippen LogP contribution in [0.25, 0.3) is 0 Å². The molecule has 90 valence electrons. The Morgan fingerprint density at radius 3 is 2.75 bits per heavy atom. The highest BCUT2D eigenvalue weighted by molar-refractivity contribution is 9.10. The number of hydrogen-bond acceptors (Lipinski definition) is 3. The molecule has 0 saturated heterocycles. The molecule has 1 saturated carbocycles. The van der Waals surface area contributed by atoms with E-state index in [1.165, 1.54) is 22.9 Å². The zero-order valence-electron chi connectivity index (χ0n) is 9.70. The predicted molar refractivity (Wildman–Crippen MR) is 72.0 cm³/mol. The average Bonchev–Trinajstić information content (AvgIpc) is 3.01. The summed E-state index contributed by atoms with van der Waals surface area (Å²) in [6.45, 7) is 3.12. The van der Waals surface area contributed by atoms with Crippen LogP contribution in [0.5, 0.6) is 0 Å². The van der Waals surface area contributed by atoms with Crippen LogP contribution in [0.1, 0.15) is 31.4 Å². The third kappa shape index (κ3) is 2.67. The first-order valence-corrected chi connectivity index (χ1v) is 7.49. The molecule has 0 spiro atoms. The molecule has 1 heterocycles. The van der Waals surface area contributed by atoms with Crippen molar-refractivity contribution >= 4 is 27.3 Å². The fourth-order valence-corrected chi connectivity index (χ4v) is 3.74. The van der Waals surface area contributed by atoms with Crippen molar-refractivity contribution in [3.8, 4) is 0 Å². The summed E-state index contributed by atoms with van der Waals surface area (Å²) in [5, 5.41) is 7.90. The third-order valence-corrected chi connectivity index (χ3v) is 4.84. The molecule has 16 heavy (non-hydrogen) atoms. The Morgan fingerprint density at radius 1 is 1.56 bits per heavy atom. The Kier molecular flexibility index (Phi) is 4.41. The van der Waals surface area contributed by atoms with Gasteiger partial charge < -0.3 is 10.1 Å². The molecule has 0 aromatic carbocycles. The fraction of sp³-hybridized carbons (Fsp3) is 0.667. The van der Waals surface area contributed by atoms with E-state index in [0.717, 1.165) is 12.5 Å². The number of ether oxygens (including phenoxy) is 1. The van der Waals surface area contributed by atoms with E-state index in [-0.39, 0.29) is 0 Å². The molecule has 1 N–H and O–H groups in total. The number of thiophene rings is 1. The first-order chi connectivity index (χ1) is 7.77. The summed E-state index contributed by atoms with van der Waals surface area (Å²) in [6, 6.07) is 0.322. The zero-order chi connectivity index (χ0) is 11.5. The lowest BCUT2D eigenvalue weighted by Crippen LogP contribution is -2.34. The van der Waals surface area contributed by atoms with Gasteiger partial charge in [0.2, 0.25) is 0 Å². The van der Waals surface area contributed by atoms with Crippen molar-refractivity contribution in [2.45, 2.75) is 31.9 Å². The molecule has 2 atom stereocenters. The Hall–Kier alpha value is 0.1000. The molecule has 1 aromatic rings. The van der Waals surface area contributed by atoms with Crippen molar-refractivity contribution in [3.63, 3.8) is 0 Å². The molecule has 0 aliphatic heterocycles. The van der Waals surface area contributed by atoms with Gasteiger partial charge in [0.25, 0.3) is 0 Å². The Morgan fingerprint density at radius 2 is 2.31 bits per heavy atom. The lowest BCUT2D eigenvalue weighted by atomic mass is 10.0. The number of halogens is 1. The molecule has 0 bridgehead atoms. The van der Waals surface area contributed by atoms with E-state index in [2.05, 4.69) is 38.9 Å². The second-order valence-electron chi connectivity index (χ2n) is 4.25. The van der Waals surface area contributed by atoms with E-state index >= 15 is 0 Å². The second-order valence-corrected chi connectivity index (χ2v) is 5.85. The predicted octanol–water partition coefficient (Wildman–Crippen LogP) is 3.59. The monoisotopic (exact) mass is 303 g/mol. The van der Waals surface area contributed by atoms with Crippen LogP contribution < -0.4 is 5.32 Å². The summed E-state index contributed by atoms with van der Waals surface area (Å²) in [4.78, 5) is 0. The van der Waals surface area contributed by atoms with E-state index < -0.39 is 0 Å². The first-order valence-electron chi connectivity index (χ1n) is 5.75. The minimum absolute atomic E-state index is 0.311. The Labute approximate surface area is 110 Å². The van der Waals surface area contributed by atoms with Gasteiger partial charge in [-0.15, -0.1) is 0 Å². The first kappa shape index (κ1) is 12.6. The molecule has 1 aliphatic carbocycles. The molecule has 0 radical (unpaired) electrons. The molecular formula is C12H18BrNOS. The molecule has 1 fully saturated rings. The smallest absolute Gasteiger partial charge is 0.0794 e. The summed E-state index contributed by atoms with van der Waals surface area (Å²) in [5.41, 5.74) is 1.34. The third-order valence-electron chi connectivity index (χ3n) is 3.09. The van der Waals surface area contributed by atoms with Crippen molar-refractivity contribution in [1.29, 1.82) is 0 Å². The topological polar surface area (TPSA) is 21.3 Å². The molecule has 1 aromatic heterocycles. The van der Waals surface area contributed by atoms with Crippen molar-refractivity contribution < 1.29 is 4.74 Å².